The van der Waals surface area contributed by atoms with Crippen molar-refractivity contribution in [2.75, 3.05) is 20.2 Å². The quantitative estimate of drug-likeness (QED) is 0.612. The Morgan fingerprint density at radius 2 is 1.80 bits per heavy atom. The lowest BCUT2D eigenvalue weighted by Crippen LogP contribution is -2.50. The van der Waals surface area contributed by atoms with E-state index in [9.17, 15) is 14.4 Å². The molecule has 1 heterocycles. The standard InChI is InChI=1S/C14H16N2O4/c1-20-14(19)6-10-4-2-3-5-11(10)7-16-8-12(17)15-13(18)9-16/h2-5H,6-9H2,1H3,(H,15,17,18). The van der Waals surface area contributed by atoms with Crippen molar-refractivity contribution in [3.8, 4) is 0 Å². The molecule has 0 spiro atoms. The smallest absolute Gasteiger partial charge is 0.309 e. The molecule has 1 fully saturated rings. The summed E-state index contributed by atoms with van der Waals surface area (Å²) >= 11 is 0. The molecule has 2 rings (SSSR count). The van der Waals surface area contributed by atoms with E-state index >= 15 is 0 Å². The molecule has 20 heavy (non-hydrogen) atoms. The van der Waals surface area contributed by atoms with E-state index in [-0.39, 0.29) is 37.3 Å². The third-order valence-corrected chi connectivity index (χ3v) is 3.09. The summed E-state index contributed by atoms with van der Waals surface area (Å²) in [5.41, 5.74) is 1.76. The van der Waals surface area contributed by atoms with Crippen LogP contribution in [0.4, 0.5) is 0 Å². The number of nitrogens with one attached hydrogen (secondary N) is 1. The van der Waals surface area contributed by atoms with Gasteiger partial charge in [-0.1, -0.05) is 24.3 Å². The zero-order chi connectivity index (χ0) is 14.5. The van der Waals surface area contributed by atoms with Crippen molar-refractivity contribution in [2.24, 2.45) is 0 Å². The SMILES string of the molecule is COC(=O)Cc1ccccc1CN1CC(=O)NC(=O)C1. The van der Waals surface area contributed by atoms with Gasteiger partial charge >= 0.3 is 5.97 Å². The van der Waals surface area contributed by atoms with Gasteiger partial charge in [-0.25, -0.2) is 0 Å². The minimum absolute atomic E-state index is 0.179. The van der Waals surface area contributed by atoms with Crippen molar-refractivity contribution in [2.45, 2.75) is 13.0 Å². The van der Waals surface area contributed by atoms with E-state index in [4.69, 9.17) is 0 Å². The van der Waals surface area contributed by atoms with Crippen molar-refractivity contribution in [1.29, 1.82) is 0 Å². The van der Waals surface area contributed by atoms with Crippen molar-refractivity contribution in [3.63, 3.8) is 0 Å². The molecule has 1 aliphatic rings. The first-order chi connectivity index (χ1) is 9.58. The minimum Gasteiger partial charge on any atom is -0.469 e. The summed E-state index contributed by atoms with van der Waals surface area (Å²) in [5, 5.41) is 2.26. The zero-order valence-electron chi connectivity index (χ0n) is 11.2. The van der Waals surface area contributed by atoms with Crippen LogP contribution in [0, 0.1) is 0 Å². The van der Waals surface area contributed by atoms with Crippen LogP contribution in [-0.2, 0) is 32.1 Å². The summed E-state index contributed by atoms with van der Waals surface area (Å²) in [5.74, 6) is -0.914. The van der Waals surface area contributed by atoms with Gasteiger partial charge in [-0.05, 0) is 11.1 Å². The lowest BCUT2D eigenvalue weighted by atomic mass is 10.0. The summed E-state index contributed by atoms with van der Waals surface area (Å²) in [4.78, 5) is 35.8. The highest BCUT2D eigenvalue weighted by molar-refractivity contribution is 5.99. The molecule has 1 N–H and O–H groups in total. The molecule has 1 saturated heterocycles. The van der Waals surface area contributed by atoms with Gasteiger partial charge < -0.3 is 4.74 Å². The van der Waals surface area contributed by atoms with Crippen LogP contribution in [0.1, 0.15) is 11.1 Å². The number of nitrogens with zero attached hydrogens (tertiary/aromatic N) is 1. The predicted molar refractivity (Wildman–Crippen MR) is 70.6 cm³/mol. The second kappa shape index (κ2) is 6.29. The van der Waals surface area contributed by atoms with Gasteiger partial charge in [0.1, 0.15) is 0 Å². The summed E-state index contributed by atoms with van der Waals surface area (Å²) in [7, 11) is 1.35. The van der Waals surface area contributed by atoms with E-state index in [0.717, 1.165) is 11.1 Å². The Kier molecular flexibility index (Phi) is 4.47. The Morgan fingerprint density at radius 1 is 1.20 bits per heavy atom. The molecule has 0 bridgehead atoms. The van der Waals surface area contributed by atoms with Gasteiger partial charge in [-0.15, -0.1) is 0 Å². The monoisotopic (exact) mass is 276 g/mol. The highest BCUT2D eigenvalue weighted by Gasteiger charge is 2.23. The molecular formula is C14H16N2O4. The first kappa shape index (κ1) is 14.2. The van der Waals surface area contributed by atoms with Crippen molar-refractivity contribution in [3.05, 3.63) is 35.4 Å². The average Bonchev–Trinajstić information content (AvgIpc) is 2.39. The Hall–Kier alpha value is -2.21. The van der Waals surface area contributed by atoms with Gasteiger partial charge in [0.25, 0.3) is 0 Å². The maximum Gasteiger partial charge on any atom is 0.309 e. The number of carbonyl (C=O) groups is 3. The zero-order valence-corrected chi connectivity index (χ0v) is 11.2. The van der Waals surface area contributed by atoms with Gasteiger partial charge in [0, 0.05) is 6.54 Å². The Morgan fingerprint density at radius 3 is 2.40 bits per heavy atom. The number of piperazine rings is 1. The van der Waals surface area contributed by atoms with Gasteiger partial charge in [-0.3, -0.25) is 24.6 Å². The number of benzene rings is 1. The van der Waals surface area contributed by atoms with Gasteiger partial charge in [0.2, 0.25) is 11.8 Å². The average molecular weight is 276 g/mol. The lowest BCUT2D eigenvalue weighted by molar-refractivity contribution is -0.140. The second-order valence-corrected chi connectivity index (χ2v) is 4.64. The fraction of sp³-hybridized carbons (Fsp3) is 0.357. The normalized spacial score (nSPS) is 15.8. The maximum atomic E-state index is 11.4. The van der Waals surface area contributed by atoms with Crippen LogP contribution in [0.5, 0.6) is 0 Å². The van der Waals surface area contributed by atoms with Crippen LogP contribution in [0.3, 0.4) is 0 Å². The van der Waals surface area contributed by atoms with Gasteiger partial charge in [0.05, 0.1) is 26.6 Å². The third kappa shape index (κ3) is 3.64. The highest BCUT2D eigenvalue weighted by Crippen LogP contribution is 2.13. The van der Waals surface area contributed by atoms with Gasteiger partial charge in [-0.2, -0.15) is 0 Å². The van der Waals surface area contributed by atoms with Crippen LogP contribution in [-0.4, -0.2) is 42.9 Å². The first-order valence-corrected chi connectivity index (χ1v) is 6.27. The molecule has 106 valence electrons. The fourth-order valence-electron chi connectivity index (χ4n) is 2.16. The number of hydrogen-bond acceptors (Lipinski definition) is 5. The number of rotatable bonds is 4. The van der Waals surface area contributed by atoms with E-state index in [1.165, 1.54) is 7.11 Å². The van der Waals surface area contributed by atoms with Crippen LogP contribution >= 0.6 is 0 Å². The number of esters is 1. The highest BCUT2D eigenvalue weighted by atomic mass is 16.5. The number of ether oxygens (including phenoxy) is 1. The predicted octanol–water partition coefficient (Wildman–Crippen LogP) is -0.140. The molecule has 0 aliphatic carbocycles. The van der Waals surface area contributed by atoms with E-state index in [2.05, 4.69) is 10.1 Å². The molecule has 0 saturated carbocycles. The van der Waals surface area contributed by atoms with E-state index in [1.807, 2.05) is 24.3 Å². The van der Waals surface area contributed by atoms with E-state index < -0.39 is 0 Å². The van der Waals surface area contributed by atoms with Crippen LogP contribution in [0.25, 0.3) is 0 Å². The number of amides is 2. The molecular weight excluding hydrogens is 260 g/mol. The Balaban J connectivity index is 2.10. The molecule has 2 amide bonds. The molecule has 1 aliphatic heterocycles. The largest absolute Gasteiger partial charge is 0.469 e. The molecule has 1 aromatic carbocycles. The molecule has 0 atom stereocenters. The van der Waals surface area contributed by atoms with E-state index in [1.54, 1.807) is 4.90 Å². The number of methoxy groups -OCH3 is 1. The molecule has 6 nitrogen and oxygen atoms in total. The Bertz CT molecular complexity index is 526. The van der Waals surface area contributed by atoms with Crippen LogP contribution in [0.15, 0.2) is 24.3 Å². The molecule has 1 aromatic rings. The summed E-state index contributed by atoms with van der Waals surface area (Å²) in [6.45, 7) is 0.808. The summed E-state index contributed by atoms with van der Waals surface area (Å²) < 4.78 is 4.66. The molecule has 0 aromatic heterocycles. The van der Waals surface area contributed by atoms with Crippen molar-refractivity contribution >= 4 is 17.8 Å². The van der Waals surface area contributed by atoms with Crippen LogP contribution < -0.4 is 5.32 Å². The van der Waals surface area contributed by atoms with Crippen molar-refractivity contribution in [1.82, 2.24) is 10.2 Å². The first-order valence-electron chi connectivity index (χ1n) is 6.27. The maximum absolute atomic E-state index is 11.4. The number of carbonyl (C=O) groups excluding carboxylic acids is 3. The lowest BCUT2D eigenvalue weighted by Gasteiger charge is -2.26. The van der Waals surface area contributed by atoms with Crippen molar-refractivity contribution < 1.29 is 19.1 Å². The Labute approximate surface area is 116 Å². The summed E-state index contributed by atoms with van der Waals surface area (Å²) in [6.07, 6.45) is 0.181. The fourth-order valence-corrected chi connectivity index (χ4v) is 2.16. The van der Waals surface area contributed by atoms with E-state index in [0.29, 0.717) is 6.54 Å². The van der Waals surface area contributed by atoms with Gasteiger partial charge in [0.15, 0.2) is 0 Å². The molecule has 0 radical (unpaired) electrons. The second-order valence-electron chi connectivity index (χ2n) is 4.64. The number of hydrogen-bond donors (Lipinski definition) is 1. The third-order valence-electron chi connectivity index (χ3n) is 3.09. The summed E-state index contributed by atoms with van der Waals surface area (Å²) in [6, 6.07) is 7.44. The number of imide groups is 1. The molecule has 6 heteroatoms. The topological polar surface area (TPSA) is 75.7 Å². The van der Waals surface area contributed by atoms with Crippen LogP contribution in [0.2, 0.25) is 0 Å². The molecule has 0 unspecified atom stereocenters. The minimum atomic E-state index is -0.315.